The van der Waals surface area contributed by atoms with Gasteiger partial charge in [-0.2, -0.15) is 0 Å². The largest absolute Gasteiger partial charge is 0.306 e. The second-order valence-corrected chi connectivity index (χ2v) is 4.96. The highest BCUT2D eigenvalue weighted by Gasteiger charge is 2.18. The third kappa shape index (κ3) is 2.65. The van der Waals surface area contributed by atoms with Crippen molar-refractivity contribution in [1.29, 1.82) is 0 Å². The lowest BCUT2D eigenvalue weighted by atomic mass is 9.95. The number of benzene rings is 2. The lowest BCUT2D eigenvalue weighted by Crippen LogP contribution is -2.23. The van der Waals surface area contributed by atoms with E-state index in [1.54, 1.807) is 6.07 Å². The number of hydrogen-bond acceptors (Lipinski definition) is 2. The van der Waals surface area contributed by atoms with Gasteiger partial charge in [0, 0.05) is 23.3 Å². The van der Waals surface area contributed by atoms with Crippen molar-refractivity contribution in [3.8, 4) is 0 Å². The van der Waals surface area contributed by atoms with Crippen LogP contribution in [0.25, 0.3) is 10.8 Å². The van der Waals surface area contributed by atoms with E-state index in [2.05, 4.69) is 16.4 Å². The number of fused-ring (bicyclic) bond motifs is 1. The summed E-state index contributed by atoms with van der Waals surface area (Å²) in [4.78, 5) is 4.31. The molecule has 0 aliphatic carbocycles. The van der Waals surface area contributed by atoms with Gasteiger partial charge in [-0.1, -0.05) is 49.4 Å². The van der Waals surface area contributed by atoms with Crippen molar-refractivity contribution in [3.63, 3.8) is 0 Å². The average Bonchev–Trinajstić information content (AvgIpc) is 2.53. The molecule has 0 aliphatic rings. The minimum Gasteiger partial charge on any atom is -0.306 e. The van der Waals surface area contributed by atoms with E-state index in [0.29, 0.717) is 5.56 Å². The van der Waals surface area contributed by atoms with Gasteiger partial charge in [0.25, 0.3) is 0 Å². The van der Waals surface area contributed by atoms with Gasteiger partial charge in [0.2, 0.25) is 0 Å². The molecule has 1 unspecified atom stereocenters. The normalized spacial score (nSPS) is 12.5. The summed E-state index contributed by atoms with van der Waals surface area (Å²) in [6, 6.07) is 14.8. The number of halogens is 1. The molecule has 0 saturated heterocycles. The van der Waals surface area contributed by atoms with Crippen molar-refractivity contribution in [3.05, 3.63) is 77.9 Å². The zero-order chi connectivity index (χ0) is 14.7. The molecule has 1 atom stereocenters. The van der Waals surface area contributed by atoms with Gasteiger partial charge in [-0.05, 0) is 23.6 Å². The highest BCUT2D eigenvalue weighted by Crippen LogP contribution is 2.29. The number of rotatable bonds is 4. The van der Waals surface area contributed by atoms with Crippen LogP contribution in [0.3, 0.4) is 0 Å². The topological polar surface area (TPSA) is 24.9 Å². The predicted octanol–water partition coefficient (Wildman–Crippen LogP) is 4.07. The molecular formula is C18H17FN2. The maximum Gasteiger partial charge on any atom is 0.128 e. The second kappa shape index (κ2) is 6.02. The number of pyridine rings is 1. The van der Waals surface area contributed by atoms with E-state index in [4.69, 9.17) is 0 Å². The van der Waals surface area contributed by atoms with Crippen LogP contribution < -0.4 is 5.32 Å². The van der Waals surface area contributed by atoms with Crippen LogP contribution >= 0.6 is 0 Å². The van der Waals surface area contributed by atoms with Crippen LogP contribution in [0.4, 0.5) is 4.39 Å². The average molecular weight is 280 g/mol. The third-order valence-corrected chi connectivity index (χ3v) is 3.63. The Labute approximate surface area is 123 Å². The van der Waals surface area contributed by atoms with Crippen LogP contribution in [0.2, 0.25) is 0 Å². The van der Waals surface area contributed by atoms with Crippen molar-refractivity contribution < 1.29 is 4.39 Å². The van der Waals surface area contributed by atoms with Crippen molar-refractivity contribution in [2.75, 3.05) is 6.54 Å². The first-order valence-corrected chi connectivity index (χ1v) is 7.11. The number of nitrogens with one attached hydrogen (secondary N) is 1. The fourth-order valence-electron chi connectivity index (χ4n) is 2.67. The molecule has 0 amide bonds. The summed E-state index contributed by atoms with van der Waals surface area (Å²) in [6.45, 7) is 2.77. The molecule has 0 radical (unpaired) electrons. The van der Waals surface area contributed by atoms with E-state index in [9.17, 15) is 4.39 Å². The van der Waals surface area contributed by atoms with Gasteiger partial charge in [0.1, 0.15) is 5.82 Å². The quantitative estimate of drug-likeness (QED) is 0.779. The minimum atomic E-state index is -0.199. The summed E-state index contributed by atoms with van der Waals surface area (Å²) >= 11 is 0. The Hall–Kier alpha value is -2.26. The monoisotopic (exact) mass is 280 g/mol. The predicted molar refractivity (Wildman–Crippen MR) is 83.7 cm³/mol. The lowest BCUT2D eigenvalue weighted by molar-refractivity contribution is 0.560. The highest BCUT2D eigenvalue weighted by atomic mass is 19.1. The summed E-state index contributed by atoms with van der Waals surface area (Å²) in [5, 5.41) is 5.53. The van der Waals surface area contributed by atoms with E-state index < -0.39 is 0 Å². The molecular weight excluding hydrogens is 263 g/mol. The molecule has 21 heavy (non-hydrogen) atoms. The Morgan fingerprint density at radius 2 is 1.76 bits per heavy atom. The fraction of sp³-hybridized carbons (Fsp3) is 0.167. The molecule has 0 spiro atoms. The first-order valence-electron chi connectivity index (χ1n) is 7.11. The third-order valence-electron chi connectivity index (χ3n) is 3.63. The molecule has 1 aromatic heterocycles. The van der Waals surface area contributed by atoms with Crippen LogP contribution in [0.5, 0.6) is 0 Å². The van der Waals surface area contributed by atoms with Crippen LogP contribution in [-0.2, 0) is 0 Å². The maximum atomic E-state index is 14.2. The minimum absolute atomic E-state index is 0.198. The Morgan fingerprint density at radius 3 is 2.57 bits per heavy atom. The molecule has 0 bridgehead atoms. The smallest absolute Gasteiger partial charge is 0.128 e. The Morgan fingerprint density at radius 1 is 1.00 bits per heavy atom. The van der Waals surface area contributed by atoms with Gasteiger partial charge < -0.3 is 5.32 Å². The summed E-state index contributed by atoms with van der Waals surface area (Å²) < 4.78 is 14.2. The van der Waals surface area contributed by atoms with Gasteiger partial charge in [-0.3, -0.25) is 4.98 Å². The standard InChI is InChI=1S/C18H17FN2/c1-2-21-18(15-9-5-6-10-17(15)19)16-12-20-11-13-7-3-4-8-14(13)16/h3-12,18,21H,2H2,1H3. The fourth-order valence-corrected chi connectivity index (χ4v) is 2.67. The molecule has 106 valence electrons. The molecule has 0 fully saturated rings. The molecule has 2 nitrogen and oxygen atoms in total. The van der Waals surface area contributed by atoms with Crippen molar-refractivity contribution in [2.45, 2.75) is 13.0 Å². The molecule has 2 aromatic carbocycles. The van der Waals surface area contributed by atoms with Crippen molar-refractivity contribution >= 4 is 10.8 Å². The molecule has 3 rings (SSSR count). The molecule has 1 N–H and O–H groups in total. The SMILES string of the molecule is CCNC(c1ccccc1F)c1cncc2ccccc12. The van der Waals surface area contributed by atoms with Crippen molar-refractivity contribution in [2.24, 2.45) is 0 Å². The van der Waals surface area contributed by atoms with Gasteiger partial charge in [0.15, 0.2) is 0 Å². The number of hydrogen-bond donors (Lipinski definition) is 1. The van der Waals surface area contributed by atoms with Crippen molar-refractivity contribution in [1.82, 2.24) is 10.3 Å². The summed E-state index contributed by atoms with van der Waals surface area (Å²) in [5.41, 5.74) is 1.65. The zero-order valence-corrected chi connectivity index (χ0v) is 11.9. The van der Waals surface area contributed by atoms with Crippen LogP contribution in [0.1, 0.15) is 24.1 Å². The Balaban J connectivity index is 2.19. The van der Waals surface area contributed by atoms with Gasteiger partial charge in [-0.15, -0.1) is 0 Å². The summed E-state index contributed by atoms with van der Waals surface area (Å²) in [5.74, 6) is -0.198. The molecule has 0 aliphatic heterocycles. The second-order valence-electron chi connectivity index (χ2n) is 4.96. The van der Waals surface area contributed by atoms with Gasteiger partial charge >= 0.3 is 0 Å². The first kappa shape index (κ1) is 13.7. The number of aromatic nitrogens is 1. The molecule has 3 heteroatoms. The molecule has 3 aromatic rings. The Bertz CT molecular complexity index is 750. The van der Waals surface area contributed by atoms with E-state index in [0.717, 1.165) is 22.9 Å². The number of nitrogens with zero attached hydrogens (tertiary/aromatic N) is 1. The van der Waals surface area contributed by atoms with Crippen LogP contribution in [0, 0.1) is 5.82 Å². The van der Waals surface area contributed by atoms with E-state index in [1.807, 2.05) is 49.6 Å². The lowest BCUT2D eigenvalue weighted by Gasteiger charge is -2.20. The van der Waals surface area contributed by atoms with Crippen LogP contribution in [0.15, 0.2) is 60.9 Å². The summed E-state index contributed by atoms with van der Waals surface area (Å²) in [6.07, 6.45) is 3.66. The Kier molecular flexibility index (Phi) is 3.93. The van der Waals surface area contributed by atoms with E-state index in [1.165, 1.54) is 6.07 Å². The summed E-state index contributed by atoms with van der Waals surface area (Å²) in [7, 11) is 0. The first-order chi connectivity index (χ1) is 10.3. The zero-order valence-electron chi connectivity index (χ0n) is 11.9. The van der Waals surface area contributed by atoms with Crippen LogP contribution in [-0.4, -0.2) is 11.5 Å². The molecule has 1 heterocycles. The van der Waals surface area contributed by atoms with Gasteiger partial charge in [-0.25, -0.2) is 4.39 Å². The van der Waals surface area contributed by atoms with Gasteiger partial charge in [0.05, 0.1) is 6.04 Å². The maximum absolute atomic E-state index is 14.2. The van der Waals surface area contributed by atoms with E-state index in [-0.39, 0.29) is 11.9 Å². The van der Waals surface area contributed by atoms with E-state index >= 15 is 0 Å². The highest BCUT2D eigenvalue weighted by molar-refractivity contribution is 5.85. The molecule has 0 saturated carbocycles.